The van der Waals surface area contributed by atoms with Gasteiger partial charge in [-0.3, -0.25) is 0 Å². The minimum Gasteiger partial charge on any atom is -0.369 e. The third kappa shape index (κ3) is 2.68. The summed E-state index contributed by atoms with van der Waals surface area (Å²) in [6.45, 7) is 1.12. The molecule has 2 atom stereocenters. The molecule has 98 valence electrons. The minimum absolute atomic E-state index is 0.221. The molecule has 2 heteroatoms. The van der Waals surface area contributed by atoms with Gasteiger partial charge < -0.3 is 10.1 Å². The molecule has 17 heavy (non-hydrogen) atoms. The van der Waals surface area contributed by atoms with Crippen molar-refractivity contribution in [3.63, 3.8) is 0 Å². The third-order valence-corrected chi connectivity index (χ3v) is 5.06. The molecular formula is C15H27NO. The average Bonchev–Trinajstić information content (AvgIpc) is 2.33. The van der Waals surface area contributed by atoms with Gasteiger partial charge in [0.1, 0.15) is 0 Å². The molecule has 0 aromatic carbocycles. The van der Waals surface area contributed by atoms with E-state index in [0.29, 0.717) is 12.1 Å². The topological polar surface area (TPSA) is 21.3 Å². The van der Waals surface area contributed by atoms with E-state index in [2.05, 4.69) is 5.32 Å². The number of hydrogen-bond acceptors (Lipinski definition) is 2. The van der Waals surface area contributed by atoms with Crippen LogP contribution in [0.5, 0.6) is 0 Å². The van der Waals surface area contributed by atoms with Gasteiger partial charge in [-0.05, 0) is 25.7 Å². The molecule has 2 aliphatic carbocycles. The highest BCUT2D eigenvalue weighted by Crippen LogP contribution is 2.37. The lowest BCUT2D eigenvalue weighted by atomic mass is 9.81. The lowest BCUT2D eigenvalue weighted by Crippen LogP contribution is -2.59. The second-order valence-electron chi connectivity index (χ2n) is 6.38. The number of fused-ring (bicyclic) bond motifs is 1. The van der Waals surface area contributed by atoms with E-state index < -0.39 is 0 Å². The van der Waals surface area contributed by atoms with Crippen molar-refractivity contribution in [2.45, 2.75) is 88.4 Å². The number of morpholine rings is 1. The first-order chi connectivity index (χ1) is 8.38. The fraction of sp³-hybridized carbons (Fsp3) is 1.00. The van der Waals surface area contributed by atoms with Gasteiger partial charge in [-0.25, -0.2) is 0 Å². The Kier molecular flexibility index (Phi) is 3.72. The summed E-state index contributed by atoms with van der Waals surface area (Å²) in [6.07, 6.45) is 15.5. The molecule has 2 unspecified atom stereocenters. The Balaban J connectivity index is 1.65. The molecule has 3 aliphatic rings. The van der Waals surface area contributed by atoms with E-state index in [4.69, 9.17) is 4.74 Å². The van der Waals surface area contributed by atoms with Crippen LogP contribution in [0.4, 0.5) is 0 Å². The van der Waals surface area contributed by atoms with E-state index in [-0.39, 0.29) is 5.60 Å². The zero-order valence-corrected chi connectivity index (χ0v) is 11.0. The van der Waals surface area contributed by atoms with Gasteiger partial charge in [0.25, 0.3) is 0 Å². The van der Waals surface area contributed by atoms with E-state index in [1.54, 1.807) is 0 Å². The molecule has 1 heterocycles. The SMILES string of the molecule is C1CCCC2OC3(CCCCC3)CNC2CC1. The van der Waals surface area contributed by atoms with Gasteiger partial charge in [-0.2, -0.15) is 0 Å². The van der Waals surface area contributed by atoms with Crippen LogP contribution in [0.3, 0.4) is 0 Å². The molecule has 0 aromatic rings. The first-order valence-electron chi connectivity index (χ1n) is 7.79. The van der Waals surface area contributed by atoms with Gasteiger partial charge in [0.2, 0.25) is 0 Å². The smallest absolute Gasteiger partial charge is 0.0810 e. The Morgan fingerprint density at radius 3 is 2.35 bits per heavy atom. The summed E-state index contributed by atoms with van der Waals surface area (Å²) in [6, 6.07) is 0.655. The lowest BCUT2D eigenvalue weighted by Gasteiger charge is -2.48. The molecule has 0 radical (unpaired) electrons. The zero-order valence-electron chi connectivity index (χ0n) is 11.0. The van der Waals surface area contributed by atoms with Gasteiger partial charge >= 0.3 is 0 Å². The molecule has 3 fully saturated rings. The van der Waals surface area contributed by atoms with Crippen molar-refractivity contribution in [3.8, 4) is 0 Å². The van der Waals surface area contributed by atoms with Crippen LogP contribution < -0.4 is 5.32 Å². The van der Waals surface area contributed by atoms with Crippen LogP contribution in [0.2, 0.25) is 0 Å². The Morgan fingerprint density at radius 1 is 0.824 bits per heavy atom. The lowest BCUT2D eigenvalue weighted by molar-refractivity contribution is -0.155. The van der Waals surface area contributed by atoms with Gasteiger partial charge in [0.15, 0.2) is 0 Å². The molecule has 3 rings (SSSR count). The van der Waals surface area contributed by atoms with Crippen LogP contribution in [-0.4, -0.2) is 24.3 Å². The summed E-state index contributed by atoms with van der Waals surface area (Å²) < 4.78 is 6.59. The Bertz CT molecular complexity index is 247. The summed E-state index contributed by atoms with van der Waals surface area (Å²) in [7, 11) is 0. The zero-order chi connectivity index (χ0) is 11.6. The molecule has 1 saturated heterocycles. The van der Waals surface area contributed by atoms with Gasteiger partial charge in [0.05, 0.1) is 11.7 Å². The van der Waals surface area contributed by atoms with Crippen molar-refractivity contribution in [3.05, 3.63) is 0 Å². The number of rotatable bonds is 0. The predicted molar refractivity (Wildman–Crippen MR) is 70.2 cm³/mol. The van der Waals surface area contributed by atoms with Crippen molar-refractivity contribution in [2.24, 2.45) is 0 Å². The monoisotopic (exact) mass is 237 g/mol. The molecule has 1 spiro atoms. The molecule has 0 bridgehead atoms. The maximum atomic E-state index is 6.59. The van der Waals surface area contributed by atoms with Crippen molar-refractivity contribution < 1.29 is 4.74 Å². The third-order valence-electron chi connectivity index (χ3n) is 5.06. The van der Waals surface area contributed by atoms with Crippen LogP contribution >= 0.6 is 0 Å². The summed E-state index contributed by atoms with van der Waals surface area (Å²) in [5, 5.41) is 3.82. The van der Waals surface area contributed by atoms with Gasteiger partial charge in [-0.1, -0.05) is 44.9 Å². The summed E-state index contributed by atoms with van der Waals surface area (Å²) in [5.74, 6) is 0. The fourth-order valence-corrected chi connectivity index (χ4v) is 4.00. The van der Waals surface area contributed by atoms with Crippen molar-refractivity contribution in [1.29, 1.82) is 0 Å². The van der Waals surface area contributed by atoms with E-state index >= 15 is 0 Å². The maximum Gasteiger partial charge on any atom is 0.0810 e. The second kappa shape index (κ2) is 5.27. The first kappa shape index (κ1) is 12.0. The van der Waals surface area contributed by atoms with Gasteiger partial charge in [0, 0.05) is 12.6 Å². The van der Waals surface area contributed by atoms with E-state index in [0.717, 1.165) is 6.54 Å². The van der Waals surface area contributed by atoms with Crippen molar-refractivity contribution >= 4 is 0 Å². The van der Waals surface area contributed by atoms with Crippen LogP contribution in [-0.2, 0) is 4.74 Å². The maximum absolute atomic E-state index is 6.59. The van der Waals surface area contributed by atoms with Crippen molar-refractivity contribution in [2.75, 3.05) is 6.54 Å². The highest BCUT2D eigenvalue weighted by atomic mass is 16.5. The molecule has 0 aromatic heterocycles. The molecular weight excluding hydrogens is 210 g/mol. The van der Waals surface area contributed by atoms with E-state index in [1.165, 1.54) is 70.6 Å². The summed E-state index contributed by atoms with van der Waals surface area (Å²) in [5.41, 5.74) is 0.221. The van der Waals surface area contributed by atoms with E-state index in [1.807, 2.05) is 0 Å². The van der Waals surface area contributed by atoms with Crippen LogP contribution in [0.1, 0.15) is 70.6 Å². The minimum atomic E-state index is 0.221. The number of nitrogens with one attached hydrogen (secondary N) is 1. The Labute approximate surface area is 105 Å². The first-order valence-corrected chi connectivity index (χ1v) is 7.79. The Morgan fingerprint density at radius 2 is 1.53 bits per heavy atom. The highest BCUT2D eigenvalue weighted by Gasteiger charge is 2.41. The second-order valence-corrected chi connectivity index (χ2v) is 6.38. The summed E-state index contributed by atoms with van der Waals surface area (Å²) in [4.78, 5) is 0. The molecule has 2 saturated carbocycles. The number of hydrogen-bond donors (Lipinski definition) is 1. The van der Waals surface area contributed by atoms with Crippen molar-refractivity contribution in [1.82, 2.24) is 5.32 Å². The highest BCUT2D eigenvalue weighted by molar-refractivity contribution is 4.95. The average molecular weight is 237 g/mol. The quantitative estimate of drug-likeness (QED) is 0.697. The largest absolute Gasteiger partial charge is 0.369 e. The van der Waals surface area contributed by atoms with Crippen LogP contribution in [0.15, 0.2) is 0 Å². The molecule has 0 amide bonds. The molecule has 1 N–H and O–H groups in total. The number of ether oxygens (including phenoxy) is 1. The predicted octanol–water partition coefficient (Wildman–Crippen LogP) is 3.40. The molecule has 1 aliphatic heterocycles. The van der Waals surface area contributed by atoms with Crippen LogP contribution in [0, 0.1) is 0 Å². The fourth-order valence-electron chi connectivity index (χ4n) is 4.00. The van der Waals surface area contributed by atoms with Crippen LogP contribution in [0.25, 0.3) is 0 Å². The van der Waals surface area contributed by atoms with Gasteiger partial charge in [-0.15, -0.1) is 0 Å². The normalized spacial score (nSPS) is 38.1. The summed E-state index contributed by atoms with van der Waals surface area (Å²) >= 11 is 0. The van der Waals surface area contributed by atoms with E-state index in [9.17, 15) is 0 Å². The Hall–Kier alpha value is -0.0800. The standard InChI is InChI=1S/C15H27NO/c1-2-5-9-14-13(8-4-1)16-12-15(17-14)10-6-3-7-11-15/h13-14,16H,1-12H2. The molecule has 2 nitrogen and oxygen atoms in total.